The van der Waals surface area contributed by atoms with Crippen LogP contribution in [0.25, 0.3) is 0 Å². The van der Waals surface area contributed by atoms with E-state index in [0.717, 1.165) is 5.69 Å². The van der Waals surface area contributed by atoms with E-state index in [-0.39, 0.29) is 11.5 Å². The third-order valence-corrected chi connectivity index (χ3v) is 3.75. The number of hydrogen-bond acceptors (Lipinski definition) is 4. The van der Waals surface area contributed by atoms with Crippen LogP contribution in [0.2, 0.25) is 0 Å². The predicted octanol–water partition coefficient (Wildman–Crippen LogP) is 3.32. The normalized spacial score (nSPS) is 13.1. The Morgan fingerprint density at radius 3 is 2.29 bits per heavy atom. The van der Waals surface area contributed by atoms with E-state index in [4.69, 9.17) is 0 Å². The van der Waals surface area contributed by atoms with Crippen molar-refractivity contribution in [2.45, 2.75) is 20.0 Å². The molecule has 2 aromatic carbocycles. The molecule has 5 nitrogen and oxygen atoms in total. The molecular formula is C16H14N2O3. The fraction of sp³-hybridized carbons (Fsp3) is 0.188. The van der Waals surface area contributed by atoms with Crippen molar-refractivity contribution >= 4 is 17.2 Å². The molecule has 0 aromatic heterocycles. The second-order valence-corrected chi connectivity index (χ2v) is 5.14. The van der Waals surface area contributed by atoms with Crippen LogP contribution in [0.3, 0.4) is 0 Å². The van der Waals surface area contributed by atoms with E-state index in [2.05, 4.69) is 17.0 Å². The third-order valence-electron chi connectivity index (χ3n) is 3.75. The zero-order valence-corrected chi connectivity index (χ0v) is 11.6. The zero-order chi connectivity index (χ0) is 15.0. The molecule has 0 fully saturated rings. The van der Waals surface area contributed by atoms with Crippen molar-refractivity contribution in [3.8, 4) is 0 Å². The number of nitro benzene ring substituents is 1. The van der Waals surface area contributed by atoms with Gasteiger partial charge in [-0.25, -0.2) is 0 Å². The van der Waals surface area contributed by atoms with Crippen LogP contribution >= 0.6 is 0 Å². The van der Waals surface area contributed by atoms with E-state index in [9.17, 15) is 14.9 Å². The Kier molecular flexibility index (Phi) is 3.17. The molecule has 0 N–H and O–H groups in total. The summed E-state index contributed by atoms with van der Waals surface area (Å²) in [7, 11) is 0. The van der Waals surface area contributed by atoms with Crippen molar-refractivity contribution in [3.05, 3.63) is 69.3 Å². The topological polar surface area (TPSA) is 63.4 Å². The first-order valence-corrected chi connectivity index (χ1v) is 6.67. The molecule has 0 unspecified atom stereocenters. The Morgan fingerprint density at radius 1 is 1.14 bits per heavy atom. The van der Waals surface area contributed by atoms with Gasteiger partial charge in [-0.15, -0.1) is 0 Å². The van der Waals surface area contributed by atoms with Gasteiger partial charge in [-0.1, -0.05) is 24.3 Å². The van der Waals surface area contributed by atoms with Gasteiger partial charge in [0.1, 0.15) is 0 Å². The molecule has 3 rings (SSSR count). The number of hydrogen-bond donors (Lipinski definition) is 0. The molecule has 1 aliphatic rings. The maximum absolute atomic E-state index is 11.8. The van der Waals surface area contributed by atoms with E-state index >= 15 is 0 Å². The van der Waals surface area contributed by atoms with Crippen LogP contribution < -0.4 is 4.90 Å². The van der Waals surface area contributed by atoms with Crippen molar-refractivity contribution in [1.82, 2.24) is 0 Å². The van der Waals surface area contributed by atoms with Gasteiger partial charge in [-0.05, 0) is 24.1 Å². The first-order valence-electron chi connectivity index (χ1n) is 6.67. The Labute approximate surface area is 122 Å². The molecule has 0 saturated carbocycles. The maximum Gasteiger partial charge on any atom is 0.270 e. The number of carbonyl (C=O) groups is 1. The molecule has 21 heavy (non-hydrogen) atoms. The molecule has 0 bridgehead atoms. The number of fused-ring (bicyclic) bond motifs is 1. The Hall–Kier alpha value is -2.69. The lowest BCUT2D eigenvalue weighted by molar-refractivity contribution is -0.384. The van der Waals surface area contributed by atoms with Crippen LogP contribution in [0.4, 0.5) is 11.4 Å². The van der Waals surface area contributed by atoms with Crippen molar-refractivity contribution in [3.63, 3.8) is 0 Å². The number of ketones is 1. The van der Waals surface area contributed by atoms with Gasteiger partial charge in [0.2, 0.25) is 0 Å². The average molecular weight is 282 g/mol. The molecule has 0 saturated heterocycles. The fourth-order valence-electron chi connectivity index (χ4n) is 2.70. The van der Waals surface area contributed by atoms with E-state index in [1.165, 1.54) is 30.2 Å². The van der Waals surface area contributed by atoms with Gasteiger partial charge in [-0.3, -0.25) is 14.9 Å². The summed E-state index contributed by atoms with van der Waals surface area (Å²) < 4.78 is 0. The second kappa shape index (κ2) is 5.01. The van der Waals surface area contributed by atoms with Crippen LogP contribution in [-0.2, 0) is 13.1 Å². The molecule has 5 heteroatoms. The number of Topliss-reactive ketones (excluding diaryl/α,β-unsaturated/α-hetero) is 1. The molecule has 0 amide bonds. The summed E-state index contributed by atoms with van der Waals surface area (Å²) in [5.74, 6) is -0.162. The van der Waals surface area contributed by atoms with Gasteiger partial charge in [-0.2, -0.15) is 0 Å². The Morgan fingerprint density at radius 2 is 1.76 bits per heavy atom. The lowest BCUT2D eigenvalue weighted by Crippen LogP contribution is -2.17. The minimum Gasteiger partial charge on any atom is -0.362 e. The summed E-state index contributed by atoms with van der Waals surface area (Å²) in [5.41, 5.74) is 3.55. The fourth-order valence-corrected chi connectivity index (χ4v) is 2.70. The number of nitrogens with zero attached hydrogens (tertiary/aromatic N) is 2. The minimum absolute atomic E-state index is 0.0549. The van der Waals surface area contributed by atoms with Gasteiger partial charge in [0, 0.05) is 36.5 Å². The molecule has 2 aromatic rings. The number of non-ortho nitro benzene ring substituents is 1. The van der Waals surface area contributed by atoms with Crippen molar-refractivity contribution in [1.29, 1.82) is 0 Å². The SMILES string of the molecule is CC(=O)c1cc([N+](=O)[O-])ccc1N1Cc2ccccc2C1. The summed E-state index contributed by atoms with van der Waals surface area (Å²) in [6.07, 6.45) is 0. The first kappa shape index (κ1) is 13.3. The molecule has 106 valence electrons. The highest BCUT2D eigenvalue weighted by atomic mass is 16.6. The number of nitro groups is 1. The van der Waals surface area contributed by atoms with Crippen molar-refractivity contribution in [2.75, 3.05) is 4.90 Å². The average Bonchev–Trinajstić information content (AvgIpc) is 2.90. The smallest absolute Gasteiger partial charge is 0.270 e. The van der Waals surface area contributed by atoms with E-state index < -0.39 is 4.92 Å². The summed E-state index contributed by atoms with van der Waals surface area (Å²) >= 11 is 0. The highest BCUT2D eigenvalue weighted by molar-refractivity contribution is 6.00. The van der Waals surface area contributed by atoms with E-state index in [1.54, 1.807) is 6.07 Å². The highest BCUT2D eigenvalue weighted by Gasteiger charge is 2.23. The standard InChI is InChI=1S/C16H14N2O3/c1-11(19)15-8-14(18(20)21)6-7-16(15)17-9-12-4-2-3-5-13(12)10-17/h2-8H,9-10H2,1H3. The quantitative estimate of drug-likeness (QED) is 0.492. The van der Waals surface area contributed by atoms with E-state index in [0.29, 0.717) is 18.7 Å². The summed E-state index contributed by atoms with van der Waals surface area (Å²) in [6, 6.07) is 12.6. The lowest BCUT2D eigenvalue weighted by atomic mass is 10.1. The number of carbonyl (C=O) groups excluding carboxylic acids is 1. The zero-order valence-electron chi connectivity index (χ0n) is 11.6. The van der Waals surface area contributed by atoms with Crippen molar-refractivity contribution in [2.24, 2.45) is 0 Å². The van der Waals surface area contributed by atoms with Crippen LogP contribution in [0.5, 0.6) is 0 Å². The molecule has 0 atom stereocenters. The Balaban J connectivity index is 2.00. The second-order valence-electron chi connectivity index (χ2n) is 5.14. The van der Waals surface area contributed by atoms with Gasteiger partial charge in [0.05, 0.1) is 4.92 Å². The Bertz CT molecular complexity index is 715. The van der Waals surface area contributed by atoms with Gasteiger partial charge >= 0.3 is 0 Å². The number of anilines is 1. The summed E-state index contributed by atoms with van der Waals surface area (Å²) in [6.45, 7) is 2.87. The third kappa shape index (κ3) is 2.38. The van der Waals surface area contributed by atoms with Gasteiger partial charge in [0.15, 0.2) is 5.78 Å². The summed E-state index contributed by atoms with van der Waals surface area (Å²) in [4.78, 5) is 24.3. The molecule has 0 aliphatic carbocycles. The minimum atomic E-state index is -0.477. The first-order chi connectivity index (χ1) is 10.1. The van der Waals surface area contributed by atoms with Gasteiger partial charge in [0.25, 0.3) is 5.69 Å². The summed E-state index contributed by atoms with van der Waals surface area (Å²) in [5, 5.41) is 10.9. The number of rotatable bonds is 3. The van der Waals surface area contributed by atoms with Gasteiger partial charge < -0.3 is 4.90 Å². The molecule has 1 heterocycles. The van der Waals surface area contributed by atoms with Crippen LogP contribution in [0.15, 0.2) is 42.5 Å². The molecule has 1 aliphatic heterocycles. The maximum atomic E-state index is 11.8. The number of benzene rings is 2. The predicted molar refractivity (Wildman–Crippen MR) is 79.4 cm³/mol. The largest absolute Gasteiger partial charge is 0.362 e. The molecule has 0 spiro atoms. The van der Waals surface area contributed by atoms with Crippen LogP contribution in [-0.4, -0.2) is 10.7 Å². The van der Waals surface area contributed by atoms with Crippen LogP contribution in [0.1, 0.15) is 28.4 Å². The van der Waals surface area contributed by atoms with E-state index in [1.807, 2.05) is 12.1 Å². The highest BCUT2D eigenvalue weighted by Crippen LogP contribution is 2.32. The lowest BCUT2D eigenvalue weighted by Gasteiger charge is -2.20. The molecular weight excluding hydrogens is 268 g/mol. The molecule has 0 radical (unpaired) electrons. The monoisotopic (exact) mass is 282 g/mol. The van der Waals surface area contributed by atoms with Crippen LogP contribution in [0, 0.1) is 10.1 Å². The van der Waals surface area contributed by atoms with Crippen molar-refractivity contribution < 1.29 is 9.72 Å².